The zero-order chi connectivity index (χ0) is 14.5. The number of likely N-dealkylation sites (N-methyl/N-ethyl adjacent to an activating group) is 1. The molecule has 20 heavy (non-hydrogen) atoms. The van der Waals surface area contributed by atoms with Crippen molar-refractivity contribution in [2.75, 3.05) is 20.2 Å². The van der Waals surface area contributed by atoms with Crippen molar-refractivity contribution in [1.82, 2.24) is 4.90 Å². The van der Waals surface area contributed by atoms with Gasteiger partial charge in [-0.3, -0.25) is 4.79 Å². The molecule has 1 fully saturated rings. The van der Waals surface area contributed by atoms with Crippen LogP contribution in [-0.2, 0) is 4.79 Å². The van der Waals surface area contributed by atoms with E-state index in [9.17, 15) is 9.18 Å². The monoisotopic (exact) mass is 280 g/mol. The van der Waals surface area contributed by atoms with E-state index >= 15 is 0 Å². The van der Waals surface area contributed by atoms with Crippen LogP contribution in [0.4, 0.5) is 4.39 Å². The number of hydrogen-bond donors (Lipinski definition) is 1. The van der Waals surface area contributed by atoms with Crippen molar-refractivity contribution in [3.8, 4) is 5.75 Å². The molecule has 1 aliphatic rings. The molecule has 0 bridgehead atoms. The second-order valence-electron chi connectivity index (χ2n) is 5.33. The van der Waals surface area contributed by atoms with E-state index in [1.807, 2.05) is 0 Å². The zero-order valence-corrected chi connectivity index (χ0v) is 11.7. The summed E-state index contributed by atoms with van der Waals surface area (Å²) < 4.78 is 18.4. The predicted molar refractivity (Wildman–Crippen MR) is 74.8 cm³/mol. The van der Waals surface area contributed by atoms with Crippen LogP contribution >= 0.6 is 0 Å². The Labute approximate surface area is 118 Å². The summed E-state index contributed by atoms with van der Waals surface area (Å²) in [6, 6.07) is 5.95. The van der Waals surface area contributed by atoms with Crippen molar-refractivity contribution in [3.63, 3.8) is 0 Å². The number of carbonyl (C=O) groups is 1. The summed E-state index contributed by atoms with van der Waals surface area (Å²) in [7, 11) is 1.73. The van der Waals surface area contributed by atoms with E-state index in [-0.39, 0.29) is 17.8 Å². The molecule has 0 saturated heterocycles. The summed E-state index contributed by atoms with van der Waals surface area (Å²) in [4.78, 5) is 13.5. The van der Waals surface area contributed by atoms with Crippen LogP contribution in [-0.4, -0.2) is 37.0 Å². The molecule has 1 aromatic carbocycles. The number of amides is 1. The Morgan fingerprint density at radius 3 is 2.95 bits per heavy atom. The minimum absolute atomic E-state index is 0.0194. The maximum absolute atomic E-state index is 12.9. The standard InChI is InChI=1S/C15H21FN2O2/c1-18(15(19)10-14(17)11-5-6-11)7-8-20-13-4-2-3-12(16)9-13/h2-4,9,11,14H,5-8,10,17H2,1H3. The first kappa shape index (κ1) is 14.8. The predicted octanol–water partition coefficient (Wildman–Crippen LogP) is 1.79. The lowest BCUT2D eigenvalue weighted by Gasteiger charge is -2.19. The highest BCUT2D eigenvalue weighted by Crippen LogP contribution is 2.32. The molecule has 1 amide bonds. The summed E-state index contributed by atoms with van der Waals surface area (Å²) in [5.41, 5.74) is 5.93. The van der Waals surface area contributed by atoms with Crippen molar-refractivity contribution in [3.05, 3.63) is 30.1 Å². The van der Waals surface area contributed by atoms with Gasteiger partial charge in [-0.15, -0.1) is 0 Å². The third-order valence-electron chi connectivity index (χ3n) is 3.56. The number of nitrogens with zero attached hydrogens (tertiary/aromatic N) is 1. The number of ether oxygens (including phenoxy) is 1. The average Bonchev–Trinajstić information content (AvgIpc) is 3.22. The smallest absolute Gasteiger partial charge is 0.223 e. The minimum Gasteiger partial charge on any atom is -0.492 e. The Morgan fingerprint density at radius 1 is 1.55 bits per heavy atom. The van der Waals surface area contributed by atoms with Gasteiger partial charge in [0.25, 0.3) is 0 Å². The third kappa shape index (κ3) is 4.49. The van der Waals surface area contributed by atoms with Gasteiger partial charge in [0.15, 0.2) is 0 Å². The molecular weight excluding hydrogens is 259 g/mol. The van der Waals surface area contributed by atoms with Crippen LogP contribution in [0.5, 0.6) is 5.75 Å². The normalized spacial score (nSPS) is 15.8. The highest BCUT2D eigenvalue weighted by Gasteiger charge is 2.30. The highest BCUT2D eigenvalue weighted by atomic mass is 19.1. The molecule has 0 spiro atoms. The van der Waals surface area contributed by atoms with Crippen LogP contribution in [0.1, 0.15) is 19.3 Å². The van der Waals surface area contributed by atoms with Gasteiger partial charge in [0.05, 0.1) is 6.54 Å². The van der Waals surface area contributed by atoms with Gasteiger partial charge in [0.2, 0.25) is 5.91 Å². The third-order valence-corrected chi connectivity index (χ3v) is 3.56. The molecule has 1 atom stereocenters. The summed E-state index contributed by atoms with van der Waals surface area (Å²) >= 11 is 0. The second-order valence-corrected chi connectivity index (χ2v) is 5.33. The van der Waals surface area contributed by atoms with E-state index in [0.717, 1.165) is 12.8 Å². The van der Waals surface area contributed by atoms with Crippen molar-refractivity contribution in [1.29, 1.82) is 0 Å². The number of hydrogen-bond acceptors (Lipinski definition) is 3. The number of rotatable bonds is 7. The Kier molecular flexibility index (Phi) is 4.95. The van der Waals surface area contributed by atoms with Crippen LogP contribution in [0.2, 0.25) is 0 Å². The molecule has 1 aromatic rings. The number of halogens is 1. The molecule has 2 rings (SSSR count). The lowest BCUT2D eigenvalue weighted by molar-refractivity contribution is -0.130. The van der Waals surface area contributed by atoms with E-state index in [2.05, 4.69) is 0 Å². The van der Waals surface area contributed by atoms with Crippen LogP contribution in [0.3, 0.4) is 0 Å². The molecule has 0 heterocycles. The summed E-state index contributed by atoms with van der Waals surface area (Å²) in [5.74, 6) is 0.700. The lowest BCUT2D eigenvalue weighted by atomic mass is 10.1. The Bertz CT molecular complexity index is 463. The number of benzene rings is 1. The first-order valence-electron chi connectivity index (χ1n) is 6.94. The number of carbonyl (C=O) groups excluding carboxylic acids is 1. The highest BCUT2D eigenvalue weighted by molar-refractivity contribution is 5.76. The van der Waals surface area contributed by atoms with E-state index in [4.69, 9.17) is 10.5 Å². The van der Waals surface area contributed by atoms with Crippen molar-refractivity contribution >= 4 is 5.91 Å². The van der Waals surface area contributed by atoms with Crippen molar-refractivity contribution < 1.29 is 13.9 Å². The fourth-order valence-corrected chi connectivity index (χ4v) is 2.03. The fraction of sp³-hybridized carbons (Fsp3) is 0.533. The first-order valence-corrected chi connectivity index (χ1v) is 6.94. The molecule has 0 aliphatic heterocycles. The van der Waals surface area contributed by atoms with E-state index in [0.29, 0.717) is 31.2 Å². The van der Waals surface area contributed by atoms with Gasteiger partial charge in [-0.2, -0.15) is 0 Å². The molecule has 4 nitrogen and oxygen atoms in total. The maximum atomic E-state index is 12.9. The van der Waals surface area contributed by atoms with Gasteiger partial charge in [-0.05, 0) is 30.9 Å². The maximum Gasteiger partial charge on any atom is 0.223 e. The van der Waals surface area contributed by atoms with Gasteiger partial charge in [0.1, 0.15) is 18.2 Å². The fourth-order valence-electron chi connectivity index (χ4n) is 2.03. The molecular formula is C15H21FN2O2. The Morgan fingerprint density at radius 2 is 2.30 bits per heavy atom. The van der Waals surface area contributed by atoms with Gasteiger partial charge in [-0.25, -0.2) is 4.39 Å². The van der Waals surface area contributed by atoms with Gasteiger partial charge in [0, 0.05) is 25.6 Å². The SMILES string of the molecule is CN(CCOc1cccc(F)c1)C(=O)CC(N)C1CC1. The van der Waals surface area contributed by atoms with Gasteiger partial charge in [-0.1, -0.05) is 6.07 Å². The molecule has 1 unspecified atom stereocenters. The summed E-state index contributed by atoms with van der Waals surface area (Å²) in [6.45, 7) is 0.803. The van der Waals surface area contributed by atoms with Crippen LogP contribution in [0.15, 0.2) is 24.3 Å². The number of nitrogens with two attached hydrogens (primary N) is 1. The Hall–Kier alpha value is -1.62. The van der Waals surface area contributed by atoms with Crippen LogP contribution < -0.4 is 10.5 Å². The molecule has 1 saturated carbocycles. The minimum atomic E-state index is -0.331. The molecule has 0 aromatic heterocycles. The van der Waals surface area contributed by atoms with Crippen LogP contribution in [0.25, 0.3) is 0 Å². The average molecular weight is 280 g/mol. The molecule has 0 radical (unpaired) electrons. The first-order chi connectivity index (χ1) is 9.56. The lowest BCUT2D eigenvalue weighted by Crippen LogP contribution is -2.36. The topological polar surface area (TPSA) is 55.6 Å². The molecule has 5 heteroatoms. The van der Waals surface area contributed by atoms with E-state index in [1.54, 1.807) is 24.1 Å². The van der Waals surface area contributed by atoms with Gasteiger partial charge >= 0.3 is 0 Å². The van der Waals surface area contributed by atoms with Crippen LogP contribution in [0, 0.1) is 11.7 Å². The quantitative estimate of drug-likeness (QED) is 0.828. The van der Waals surface area contributed by atoms with E-state index in [1.165, 1.54) is 12.1 Å². The van der Waals surface area contributed by atoms with E-state index < -0.39 is 0 Å². The Balaban J connectivity index is 1.68. The van der Waals surface area contributed by atoms with Gasteiger partial charge < -0.3 is 15.4 Å². The molecule has 2 N–H and O–H groups in total. The molecule has 1 aliphatic carbocycles. The largest absolute Gasteiger partial charge is 0.492 e. The summed E-state index contributed by atoms with van der Waals surface area (Å²) in [6.07, 6.45) is 2.67. The van der Waals surface area contributed by atoms with Crippen molar-refractivity contribution in [2.24, 2.45) is 11.7 Å². The zero-order valence-electron chi connectivity index (χ0n) is 11.7. The second kappa shape index (κ2) is 6.70. The summed E-state index contributed by atoms with van der Waals surface area (Å²) in [5, 5.41) is 0. The molecule has 110 valence electrons. The van der Waals surface area contributed by atoms with Crippen molar-refractivity contribution in [2.45, 2.75) is 25.3 Å².